The van der Waals surface area contributed by atoms with Crippen molar-refractivity contribution in [1.29, 1.82) is 0 Å². The first-order valence-electron chi connectivity index (χ1n) is 4.85. The molecule has 0 atom stereocenters. The highest BCUT2D eigenvalue weighted by atomic mass is 32.1. The van der Waals surface area contributed by atoms with Gasteiger partial charge >= 0.3 is 0 Å². The normalized spacial score (nSPS) is 9.56. The highest BCUT2D eigenvalue weighted by Gasteiger charge is 1.95. The number of hydrogen-bond acceptors (Lipinski definition) is 2. The fourth-order valence-electron chi connectivity index (χ4n) is 1.21. The van der Waals surface area contributed by atoms with Gasteiger partial charge in [0, 0.05) is 0 Å². The first kappa shape index (κ1) is 10.8. The van der Waals surface area contributed by atoms with E-state index in [-0.39, 0.29) is 5.82 Å². The second kappa shape index (κ2) is 5.37. The second-order valence-electron chi connectivity index (χ2n) is 3.12. The van der Waals surface area contributed by atoms with Crippen molar-refractivity contribution in [3.05, 3.63) is 65.9 Å². The summed E-state index contributed by atoms with van der Waals surface area (Å²) in [4.78, 5) is 4.01. The summed E-state index contributed by atoms with van der Waals surface area (Å²) in [6, 6.07) is 16.6. The molecule has 0 bridgehead atoms. The monoisotopic (exact) mass is 231 g/mol. The van der Waals surface area contributed by atoms with E-state index in [4.69, 9.17) is 0 Å². The Hall–Kier alpha value is -1.74. The van der Waals surface area contributed by atoms with Crippen molar-refractivity contribution in [2.45, 2.75) is 0 Å². The van der Waals surface area contributed by atoms with E-state index in [2.05, 4.69) is 4.98 Å². The highest BCUT2D eigenvalue weighted by molar-refractivity contribution is 7.16. The zero-order valence-corrected chi connectivity index (χ0v) is 9.32. The van der Waals surface area contributed by atoms with E-state index in [1.165, 1.54) is 23.5 Å². The lowest BCUT2D eigenvalue weighted by atomic mass is 10.3. The lowest BCUT2D eigenvalue weighted by molar-refractivity contribution is 0.630. The lowest BCUT2D eigenvalue weighted by Crippen LogP contribution is -1.70. The summed E-state index contributed by atoms with van der Waals surface area (Å²) in [5, 5.41) is 0. The van der Waals surface area contributed by atoms with E-state index < -0.39 is 0 Å². The van der Waals surface area contributed by atoms with Gasteiger partial charge in [0.15, 0.2) is 0 Å². The second-order valence-corrected chi connectivity index (χ2v) is 4.01. The Morgan fingerprint density at radius 2 is 1.56 bits per heavy atom. The summed E-state index contributed by atoms with van der Waals surface area (Å²) in [7, 11) is 0. The van der Waals surface area contributed by atoms with Gasteiger partial charge in [0.25, 0.3) is 0 Å². The minimum absolute atomic E-state index is 0.197. The maximum Gasteiger partial charge on any atom is 0.124 e. The summed E-state index contributed by atoms with van der Waals surface area (Å²) < 4.78 is 13.4. The zero-order chi connectivity index (χ0) is 11.2. The van der Waals surface area contributed by atoms with E-state index in [0.717, 1.165) is 10.2 Å². The number of benzene rings is 2. The molecule has 3 aromatic rings. The van der Waals surface area contributed by atoms with Crippen LogP contribution in [0.5, 0.6) is 0 Å². The third kappa shape index (κ3) is 2.87. The number of thiazole rings is 1. The molecule has 0 aliphatic heterocycles. The van der Waals surface area contributed by atoms with Crippen molar-refractivity contribution in [3.8, 4) is 0 Å². The highest BCUT2D eigenvalue weighted by Crippen LogP contribution is 2.17. The summed E-state index contributed by atoms with van der Waals surface area (Å²) >= 11 is 1.45. The minimum atomic E-state index is -0.197. The molecule has 0 unspecified atom stereocenters. The molecule has 3 rings (SSSR count). The predicted molar refractivity (Wildman–Crippen MR) is 66.0 cm³/mol. The summed E-state index contributed by atoms with van der Waals surface area (Å²) in [6.07, 6.45) is 0. The van der Waals surface area contributed by atoms with Crippen LogP contribution in [-0.4, -0.2) is 4.98 Å². The first-order chi connectivity index (χ1) is 7.86. The molecule has 2 aromatic carbocycles. The predicted octanol–water partition coefficient (Wildman–Crippen LogP) is 4.12. The van der Waals surface area contributed by atoms with E-state index >= 15 is 0 Å². The fourth-order valence-corrected chi connectivity index (χ4v) is 1.92. The van der Waals surface area contributed by atoms with Crippen LogP contribution in [0.1, 0.15) is 0 Å². The number of fused-ring (bicyclic) bond motifs is 1. The molecule has 80 valence electrons. The van der Waals surface area contributed by atoms with Crippen LogP contribution in [0.15, 0.2) is 60.1 Å². The Bertz CT molecular complexity index is 521. The average Bonchev–Trinajstić information content (AvgIpc) is 2.79. The van der Waals surface area contributed by atoms with Crippen LogP contribution in [0, 0.1) is 5.82 Å². The number of rotatable bonds is 0. The lowest BCUT2D eigenvalue weighted by Gasteiger charge is -1.85. The number of hydrogen-bond donors (Lipinski definition) is 0. The molecule has 0 fully saturated rings. The van der Waals surface area contributed by atoms with Crippen molar-refractivity contribution in [1.82, 2.24) is 4.98 Å². The molecule has 0 amide bonds. The van der Waals surface area contributed by atoms with Crippen molar-refractivity contribution >= 4 is 21.6 Å². The molecule has 1 aromatic heterocycles. The molecule has 1 nitrogen and oxygen atoms in total. The Kier molecular flexibility index (Phi) is 3.62. The molecule has 0 saturated carbocycles. The minimum Gasteiger partial charge on any atom is -0.245 e. The van der Waals surface area contributed by atoms with Gasteiger partial charge in [-0.1, -0.05) is 36.4 Å². The first-order valence-corrected chi connectivity index (χ1v) is 5.73. The van der Waals surface area contributed by atoms with Gasteiger partial charge < -0.3 is 0 Å². The van der Waals surface area contributed by atoms with E-state index in [0.29, 0.717) is 0 Å². The smallest absolute Gasteiger partial charge is 0.124 e. The molecule has 0 radical (unpaired) electrons. The molecule has 1 heterocycles. The van der Waals surface area contributed by atoms with Crippen LogP contribution in [-0.2, 0) is 0 Å². The van der Waals surface area contributed by atoms with Crippen LogP contribution < -0.4 is 0 Å². The Labute approximate surface area is 97.2 Å². The average molecular weight is 231 g/mol. The van der Waals surface area contributed by atoms with Gasteiger partial charge in [0.2, 0.25) is 0 Å². The number of aromatic nitrogens is 1. The summed E-state index contributed by atoms with van der Waals surface area (Å²) in [6.45, 7) is 0. The van der Waals surface area contributed by atoms with Crippen LogP contribution in [0.3, 0.4) is 0 Å². The van der Waals surface area contributed by atoms with Crippen LogP contribution in [0.2, 0.25) is 0 Å². The maximum absolute atomic E-state index is 12.5. The fraction of sp³-hybridized carbons (Fsp3) is 0. The van der Waals surface area contributed by atoms with Gasteiger partial charge in [-0.25, -0.2) is 9.37 Å². The topological polar surface area (TPSA) is 12.9 Å². The number of halogens is 1. The van der Waals surface area contributed by atoms with Gasteiger partial charge in [0.1, 0.15) is 5.82 Å². The third-order valence-electron chi connectivity index (χ3n) is 1.96. The van der Waals surface area contributed by atoms with Gasteiger partial charge in [-0.2, -0.15) is 0 Å². The van der Waals surface area contributed by atoms with Crippen molar-refractivity contribution in [3.63, 3.8) is 0 Å². The Morgan fingerprint density at radius 3 is 2.19 bits per heavy atom. The van der Waals surface area contributed by atoms with Gasteiger partial charge in [-0.15, -0.1) is 11.3 Å². The number of nitrogens with zero attached hydrogens (tertiary/aromatic N) is 1. The molecule has 16 heavy (non-hydrogen) atoms. The summed E-state index contributed by atoms with van der Waals surface area (Å²) in [5.74, 6) is -0.197. The molecule has 0 aliphatic rings. The standard InChI is InChI=1S/C7H4FNS.C6H6/c8-5-1-2-6-7(3-5)10-4-9-6;1-2-4-6-5-3-1/h1-4H;1-6H. The van der Waals surface area contributed by atoms with Crippen LogP contribution in [0.25, 0.3) is 10.2 Å². The van der Waals surface area contributed by atoms with Crippen molar-refractivity contribution < 1.29 is 4.39 Å². The van der Waals surface area contributed by atoms with E-state index in [1.807, 2.05) is 36.4 Å². The van der Waals surface area contributed by atoms with Crippen LogP contribution in [0.4, 0.5) is 4.39 Å². The SMILES string of the molecule is Fc1ccc2ncsc2c1.c1ccccc1. The molecule has 0 aliphatic carbocycles. The van der Waals surface area contributed by atoms with E-state index in [1.54, 1.807) is 11.6 Å². The van der Waals surface area contributed by atoms with E-state index in [9.17, 15) is 4.39 Å². The largest absolute Gasteiger partial charge is 0.245 e. The Balaban J connectivity index is 0.000000138. The molecule has 0 N–H and O–H groups in total. The quantitative estimate of drug-likeness (QED) is 0.567. The van der Waals surface area contributed by atoms with Crippen molar-refractivity contribution in [2.75, 3.05) is 0 Å². The maximum atomic E-state index is 12.5. The third-order valence-corrected chi connectivity index (χ3v) is 2.75. The van der Waals surface area contributed by atoms with Gasteiger partial charge in [0.05, 0.1) is 15.7 Å². The van der Waals surface area contributed by atoms with Gasteiger partial charge in [-0.3, -0.25) is 0 Å². The Morgan fingerprint density at radius 1 is 0.938 bits per heavy atom. The van der Waals surface area contributed by atoms with Gasteiger partial charge in [-0.05, 0) is 18.2 Å². The molecule has 0 spiro atoms. The summed E-state index contributed by atoms with van der Waals surface area (Å²) in [5.41, 5.74) is 2.58. The molecular weight excluding hydrogens is 221 g/mol. The molecule has 0 saturated heterocycles. The molecule has 3 heteroatoms. The zero-order valence-electron chi connectivity index (χ0n) is 8.51. The van der Waals surface area contributed by atoms with Crippen LogP contribution >= 0.6 is 11.3 Å². The van der Waals surface area contributed by atoms with Crippen molar-refractivity contribution in [2.24, 2.45) is 0 Å². The molecular formula is C13H10FNS.